The Morgan fingerprint density at radius 2 is 1.90 bits per heavy atom. The molecule has 1 heterocycles. The van der Waals surface area contributed by atoms with E-state index in [1.54, 1.807) is 0 Å². The Hall–Kier alpha value is -0.0400. The fourth-order valence-electron chi connectivity index (χ4n) is 0.580. The largest absolute Gasteiger partial charge is 0.381 e. The van der Waals surface area contributed by atoms with Crippen LogP contribution < -0.4 is 0 Å². The first-order valence-electron chi connectivity index (χ1n) is 4.92. The highest BCUT2D eigenvalue weighted by molar-refractivity contribution is 4.45. The highest BCUT2D eigenvalue weighted by atomic mass is 16.5. The molecule has 0 N–H and O–H groups in total. The van der Waals surface area contributed by atoms with Crippen LogP contribution in [0.3, 0.4) is 0 Å². The van der Waals surface area contributed by atoms with E-state index in [1.165, 1.54) is 19.3 Å². The Labute approximate surface area is 66.2 Å². The third-order valence-electron chi connectivity index (χ3n) is 1.45. The first-order valence-corrected chi connectivity index (χ1v) is 4.35. The molecule has 0 bridgehead atoms. The standard InChI is InChI=1S/C5H10O.C4H10/c1-2-4-6-5-3-1;1-3-4-2/h1-5H2;3-4H2,1-2H3/i4D;. The van der Waals surface area contributed by atoms with E-state index in [0.717, 1.165) is 19.4 Å². The molecule has 0 spiro atoms. The lowest BCUT2D eigenvalue weighted by Gasteiger charge is -2.08. The summed E-state index contributed by atoms with van der Waals surface area (Å²) in [7, 11) is 0. The van der Waals surface area contributed by atoms with E-state index in [2.05, 4.69) is 13.8 Å². The lowest BCUT2D eigenvalue weighted by Crippen LogP contribution is -2.03. The van der Waals surface area contributed by atoms with Gasteiger partial charge in [-0.25, -0.2) is 0 Å². The Morgan fingerprint density at radius 3 is 2.10 bits per heavy atom. The summed E-state index contributed by atoms with van der Waals surface area (Å²) in [5.74, 6) is 0. The first kappa shape index (κ1) is 8.06. The van der Waals surface area contributed by atoms with E-state index in [4.69, 9.17) is 6.11 Å². The second-order valence-electron chi connectivity index (χ2n) is 2.53. The van der Waals surface area contributed by atoms with Crippen molar-refractivity contribution in [2.45, 2.75) is 46.0 Å². The SMILES string of the molecule is CCCC.[2H]C1CCCCO1. The van der Waals surface area contributed by atoms with Crippen molar-refractivity contribution >= 4 is 0 Å². The quantitative estimate of drug-likeness (QED) is 0.551. The van der Waals surface area contributed by atoms with Gasteiger partial charge in [-0.3, -0.25) is 0 Å². The molecule has 1 heteroatoms. The zero-order chi connectivity index (χ0) is 8.53. The molecule has 1 rings (SSSR count). The maximum Gasteiger partial charge on any atom is 0.0567 e. The molecule has 0 aromatic carbocycles. The van der Waals surface area contributed by atoms with Crippen LogP contribution in [0.25, 0.3) is 0 Å². The predicted molar refractivity (Wildman–Crippen MR) is 45.3 cm³/mol. The van der Waals surface area contributed by atoms with Crippen LogP contribution in [-0.2, 0) is 4.74 Å². The van der Waals surface area contributed by atoms with Crippen LogP contribution in [0.5, 0.6) is 0 Å². The van der Waals surface area contributed by atoms with E-state index in [1.807, 2.05) is 0 Å². The van der Waals surface area contributed by atoms with Crippen LogP contribution in [0.2, 0.25) is 0 Å². The Bertz CT molecular complexity index is 68.0. The topological polar surface area (TPSA) is 9.23 Å². The molecule has 62 valence electrons. The van der Waals surface area contributed by atoms with Gasteiger partial charge in [-0.2, -0.15) is 0 Å². The Kier molecular flexibility index (Phi) is 7.22. The van der Waals surface area contributed by atoms with Crippen LogP contribution >= 0.6 is 0 Å². The summed E-state index contributed by atoms with van der Waals surface area (Å²) in [4.78, 5) is 0. The van der Waals surface area contributed by atoms with Crippen molar-refractivity contribution in [3.8, 4) is 0 Å². The summed E-state index contributed by atoms with van der Waals surface area (Å²) in [6.07, 6.45) is 5.89. The predicted octanol–water partition coefficient (Wildman–Crippen LogP) is 2.99. The molecule has 1 aliphatic rings. The zero-order valence-electron chi connectivity index (χ0n) is 8.23. The second kappa shape index (κ2) is 8.96. The van der Waals surface area contributed by atoms with E-state index in [-0.39, 0.29) is 6.58 Å². The average molecular weight is 145 g/mol. The molecule has 0 aromatic rings. The van der Waals surface area contributed by atoms with Crippen molar-refractivity contribution in [2.75, 3.05) is 13.2 Å². The molecule has 1 nitrogen and oxygen atoms in total. The van der Waals surface area contributed by atoms with Gasteiger partial charge in [0.25, 0.3) is 0 Å². The summed E-state index contributed by atoms with van der Waals surface area (Å²) in [5, 5.41) is 0. The van der Waals surface area contributed by atoms with E-state index >= 15 is 0 Å². The molecule has 0 aliphatic carbocycles. The molecule has 10 heavy (non-hydrogen) atoms. The molecule has 1 fully saturated rings. The summed E-state index contributed by atoms with van der Waals surface area (Å²) in [6.45, 7) is 4.95. The summed E-state index contributed by atoms with van der Waals surface area (Å²) in [6, 6.07) is 0. The maximum atomic E-state index is 7.05. The Morgan fingerprint density at radius 1 is 1.20 bits per heavy atom. The number of unbranched alkanes of at least 4 members (excludes halogenated alkanes) is 1. The van der Waals surface area contributed by atoms with Crippen LogP contribution in [0.4, 0.5) is 0 Å². The van der Waals surface area contributed by atoms with Crippen molar-refractivity contribution in [2.24, 2.45) is 0 Å². The van der Waals surface area contributed by atoms with Crippen molar-refractivity contribution < 1.29 is 6.11 Å². The minimum absolute atomic E-state index is 0.214. The van der Waals surface area contributed by atoms with E-state index < -0.39 is 0 Å². The number of hydrogen-bond donors (Lipinski definition) is 0. The molecule has 0 aromatic heterocycles. The van der Waals surface area contributed by atoms with Gasteiger partial charge in [-0.1, -0.05) is 26.7 Å². The highest BCUT2D eigenvalue weighted by Crippen LogP contribution is 2.02. The third kappa shape index (κ3) is 7.96. The zero-order valence-corrected chi connectivity index (χ0v) is 7.23. The first-order chi connectivity index (χ1) is 5.31. The molecule has 0 radical (unpaired) electrons. The van der Waals surface area contributed by atoms with Crippen molar-refractivity contribution in [3.63, 3.8) is 0 Å². The lowest BCUT2D eigenvalue weighted by atomic mass is 10.2. The summed E-state index contributed by atoms with van der Waals surface area (Å²) in [5.41, 5.74) is 0. The number of ether oxygens (including phenoxy) is 1. The van der Waals surface area contributed by atoms with Gasteiger partial charge in [-0.15, -0.1) is 0 Å². The summed E-state index contributed by atoms with van der Waals surface area (Å²) >= 11 is 0. The molecular formula is C9H20O. The lowest BCUT2D eigenvalue weighted by molar-refractivity contribution is 0.0968. The molecule has 0 amide bonds. The fourth-order valence-corrected chi connectivity index (χ4v) is 0.580. The number of hydrogen-bond acceptors (Lipinski definition) is 1. The number of rotatable bonds is 1. The van der Waals surface area contributed by atoms with E-state index in [9.17, 15) is 0 Å². The van der Waals surface area contributed by atoms with Gasteiger partial charge < -0.3 is 4.74 Å². The van der Waals surface area contributed by atoms with Gasteiger partial charge in [0, 0.05) is 13.2 Å². The van der Waals surface area contributed by atoms with Crippen LogP contribution in [0, 0.1) is 0 Å². The highest BCUT2D eigenvalue weighted by Gasteiger charge is 1.94. The van der Waals surface area contributed by atoms with E-state index in [0.29, 0.717) is 0 Å². The molecule has 1 atom stereocenters. The maximum absolute atomic E-state index is 7.05. The normalized spacial score (nSPS) is 26.2. The second-order valence-corrected chi connectivity index (χ2v) is 2.53. The van der Waals surface area contributed by atoms with Gasteiger partial charge in [0.05, 0.1) is 1.37 Å². The monoisotopic (exact) mass is 145 g/mol. The van der Waals surface area contributed by atoms with Gasteiger partial charge in [0.1, 0.15) is 0 Å². The fraction of sp³-hybridized carbons (Fsp3) is 1.00. The molecule has 1 aliphatic heterocycles. The molecule has 1 unspecified atom stereocenters. The summed E-state index contributed by atoms with van der Waals surface area (Å²) < 4.78 is 12.0. The van der Waals surface area contributed by atoms with Gasteiger partial charge in [-0.05, 0) is 19.3 Å². The third-order valence-corrected chi connectivity index (χ3v) is 1.45. The smallest absolute Gasteiger partial charge is 0.0567 e. The molecule has 0 saturated carbocycles. The van der Waals surface area contributed by atoms with Crippen LogP contribution in [0.15, 0.2) is 0 Å². The molecule has 1 saturated heterocycles. The molecular weight excluding hydrogens is 124 g/mol. The van der Waals surface area contributed by atoms with Gasteiger partial charge in [0.2, 0.25) is 0 Å². The van der Waals surface area contributed by atoms with Gasteiger partial charge in [0.15, 0.2) is 0 Å². The minimum Gasteiger partial charge on any atom is -0.381 e. The average Bonchev–Trinajstić information content (AvgIpc) is 2.07. The van der Waals surface area contributed by atoms with Crippen LogP contribution in [0.1, 0.15) is 47.3 Å². The Balaban J connectivity index is 0.000000218. The van der Waals surface area contributed by atoms with Gasteiger partial charge >= 0.3 is 0 Å². The van der Waals surface area contributed by atoms with Crippen molar-refractivity contribution in [1.82, 2.24) is 0 Å². The van der Waals surface area contributed by atoms with Crippen molar-refractivity contribution in [3.05, 3.63) is 0 Å². The van der Waals surface area contributed by atoms with Crippen LogP contribution in [-0.4, -0.2) is 13.2 Å². The van der Waals surface area contributed by atoms with Crippen molar-refractivity contribution in [1.29, 1.82) is 0 Å². The minimum atomic E-state index is -0.214.